The van der Waals surface area contributed by atoms with Gasteiger partial charge < -0.3 is 9.47 Å². The van der Waals surface area contributed by atoms with Gasteiger partial charge in [-0.3, -0.25) is 4.98 Å². The van der Waals surface area contributed by atoms with Crippen molar-refractivity contribution in [2.45, 2.75) is 6.92 Å². The number of pyridine rings is 1. The topological polar surface area (TPSA) is 48.4 Å². The summed E-state index contributed by atoms with van der Waals surface area (Å²) in [4.78, 5) is 15.9. The van der Waals surface area contributed by atoms with Crippen LogP contribution in [0, 0.1) is 6.92 Å². The second-order valence-electron chi connectivity index (χ2n) is 3.67. The van der Waals surface area contributed by atoms with E-state index in [9.17, 15) is 4.79 Å². The molecule has 1 heterocycles. The van der Waals surface area contributed by atoms with E-state index in [0.29, 0.717) is 11.3 Å². The van der Waals surface area contributed by atoms with Gasteiger partial charge in [0.25, 0.3) is 0 Å². The van der Waals surface area contributed by atoms with E-state index in [2.05, 4.69) is 4.98 Å². The molecular formula is C13H13NO3. The standard InChI is InChI=1S/C13H13NO3/c1-8-5-4-6-9-11(8)14-7-10(12(9)16-2)13(15)17-3/h4-7H,1-3H3. The summed E-state index contributed by atoms with van der Waals surface area (Å²) in [6, 6.07) is 5.75. The van der Waals surface area contributed by atoms with Gasteiger partial charge >= 0.3 is 5.97 Å². The highest BCUT2D eigenvalue weighted by molar-refractivity contribution is 6.00. The molecule has 0 unspecified atom stereocenters. The van der Waals surface area contributed by atoms with E-state index in [-0.39, 0.29) is 0 Å². The molecule has 0 saturated heterocycles. The number of rotatable bonds is 2. The zero-order valence-electron chi connectivity index (χ0n) is 9.98. The summed E-state index contributed by atoms with van der Waals surface area (Å²) >= 11 is 0. The van der Waals surface area contributed by atoms with Crippen LogP contribution in [0.15, 0.2) is 24.4 Å². The smallest absolute Gasteiger partial charge is 0.343 e. The molecule has 2 aromatic rings. The number of carbonyl (C=O) groups is 1. The number of hydrogen-bond donors (Lipinski definition) is 0. The van der Waals surface area contributed by atoms with E-state index >= 15 is 0 Å². The number of methoxy groups -OCH3 is 2. The molecule has 0 aliphatic carbocycles. The molecule has 0 fully saturated rings. The maximum Gasteiger partial charge on any atom is 0.343 e. The van der Waals surface area contributed by atoms with Gasteiger partial charge in [-0.25, -0.2) is 4.79 Å². The van der Waals surface area contributed by atoms with Crippen molar-refractivity contribution in [3.63, 3.8) is 0 Å². The highest BCUT2D eigenvalue weighted by Crippen LogP contribution is 2.29. The van der Waals surface area contributed by atoms with E-state index in [0.717, 1.165) is 16.5 Å². The Morgan fingerprint density at radius 2 is 2.06 bits per heavy atom. The number of fused-ring (bicyclic) bond motifs is 1. The van der Waals surface area contributed by atoms with E-state index in [1.807, 2.05) is 25.1 Å². The fourth-order valence-electron chi connectivity index (χ4n) is 1.82. The third-order valence-electron chi connectivity index (χ3n) is 2.66. The molecule has 0 spiro atoms. The zero-order valence-corrected chi connectivity index (χ0v) is 9.98. The summed E-state index contributed by atoms with van der Waals surface area (Å²) in [5.74, 6) is 0.0586. The van der Waals surface area contributed by atoms with Gasteiger partial charge in [-0.05, 0) is 18.6 Å². The Hall–Kier alpha value is -2.10. The molecule has 1 aromatic heterocycles. The van der Waals surface area contributed by atoms with Crippen molar-refractivity contribution in [3.8, 4) is 5.75 Å². The number of nitrogens with zero attached hydrogens (tertiary/aromatic N) is 1. The molecule has 0 aliphatic rings. The summed E-state index contributed by atoms with van der Waals surface area (Å²) in [6.45, 7) is 1.96. The first kappa shape index (κ1) is 11.4. The van der Waals surface area contributed by atoms with Crippen molar-refractivity contribution in [3.05, 3.63) is 35.5 Å². The third kappa shape index (κ3) is 1.82. The first-order valence-electron chi connectivity index (χ1n) is 5.19. The number of esters is 1. The molecule has 0 saturated carbocycles. The average Bonchev–Trinajstić information content (AvgIpc) is 2.37. The highest BCUT2D eigenvalue weighted by atomic mass is 16.5. The lowest BCUT2D eigenvalue weighted by Crippen LogP contribution is -2.05. The SMILES string of the molecule is COC(=O)c1cnc2c(C)cccc2c1OC. The van der Waals surface area contributed by atoms with Crippen LogP contribution in [0.4, 0.5) is 0 Å². The fraction of sp³-hybridized carbons (Fsp3) is 0.231. The van der Waals surface area contributed by atoms with Gasteiger partial charge in [-0.2, -0.15) is 0 Å². The Morgan fingerprint density at radius 3 is 2.71 bits per heavy atom. The van der Waals surface area contributed by atoms with Crippen molar-refractivity contribution in [1.82, 2.24) is 4.98 Å². The molecule has 88 valence electrons. The Labute approximate surface area is 99.2 Å². The minimum atomic E-state index is -0.447. The maximum absolute atomic E-state index is 11.6. The second kappa shape index (κ2) is 4.41. The van der Waals surface area contributed by atoms with E-state index < -0.39 is 5.97 Å². The second-order valence-corrected chi connectivity index (χ2v) is 3.67. The predicted octanol–water partition coefficient (Wildman–Crippen LogP) is 2.34. The highest BCUT2D eigenvalue weighted by Gasteiger charge is 2.16. The molecule has 1 aromatic carbocycles. The van der Waals surface area contributed by atoms with Crippen LogP contribution in [0.2, 0.25) is 0 Å². The summed E-state index contributed by atoms with van der Waals surface area (Å²) in [7, 11) is 2.87. The number of ether oxygens (including phenoxy) is 2. The summed E-state index contributed by atoms with van der Waals surface area (Å²) in [6.07, 6.45) is 1.49. The normalized spacial score (nSPS) is 10.3. The number of para-hydroxylation sites is 1. The number of benzene rings is 1. The van der Waals surface area contributed by atoms with Gasteiger partial charge in [0.05, 0.1) is 19.7 Å². The Morgan fingerprint density at radius 1 is 1.29 bits per heavy atom. The fourth-order valence-corrected chi connectivity index (χ4v) is 1.82. The molecule has 0 amide bonds. The number of carbonyl (C=O) groups excluding carboxylic acids is 1. The van der Waals surface area contributed by atoms with Crippen LogP contribution in [0.3, 0.4) is 0 Å². The molecule has 4 heteroatoms. The van der Waals surface area contributed by atoms with Crippen molar-refractivity contribution < 1.29 is 14.3 Å². The number of aryl methyl sites for hydroxylation is 1. The van der Waals surface area contributed by atoms with Crippen molar-refractivity contribution in [2.75, 3.05) is 14.2 Å². The number of hydrogen-bond acceptors (Lipinski definition) is 4. The Kier molecular flexibility index (Phi) is 2.95. The third-order valence-corrected chi connectivity index (χ3v) is 2.66. The molecule has 2 rings (SSSR count). The minimum absolute atomic E-state index is 0.341. The Balaban J connectivity index is 2.78. The van der Waals surface area contributed by atoms with Crippen LogP contribution >= 0.6 is 0 Å². The lowest BCUT2D eigenvalue weighted by Gasteiger charge is -2.10. The van der Waals surface area contributed by atoms with Crippen LogP contribution in [-0.2, 0) is 4.74 Å². The first-order valence-corrected chi connectivity index (χ1v) is 5.19. The minimum Gasteiger partial charge on any atom is -0.495 e. The summed E-state index contributed by atoms with van der Waals surface area (Å²) in [5.41, 5.74) is 2.21. The van der Waals surface area contributed by atoms with E-state index in [4.69, 9.17) is 9.47 Å². The molecule has 0 N–H and O–H groups in total. The molecule has 0 radical (unpaired) electrons. The molecule has 0 bridgehead atoms. The van der Waals surface area contributed by atoms with Crippen molar-refractivity contribution >= 4 is 16.9 Å². The van der Waals surface area contributed by atoms with Crippen LogP contribution in [0.25, 0.3) is 10.9 Å². The largest absolute Gasteiger partial charge is 0.495 e. The van der Waals surface area contributed by atoms with Crippen molar-refractivity contribution in [1.29, 1.82) is 0 Å². The molecule has 4 nitrogen and oxygen atoms in total. The van der Waals surface area contributed by atoms with Gasteiger partial charge in [0, 0.05) is 11.6 Å². The van der Waals surface area contributed by atoms with E-state index in [1.165, 1.54) is 20.4 Å². The lowest BCUT2D eigenvalue weighted by molar-refractivity contribution is 0.0597. The molecule has 17 heavy (non-hydrogen) atoms. The van der Waals surface area contributed by atoms with Crippen LogP contribution in [0.1, 0.15) is 15.9 Å². The predicted molar refractivity (Wildman–Crippen MR) is 64.4 cm³/mol. The summed E-state index contributed by atoms with van der Waals surface area (Å²) < 4.78 is 9.99. The van der Waals surface area contributed by atoms with Crippen LogP contribution < -0.4 is 4.74 Å². The lowest BCUT2D eigenvalue weighted by atomic mass is 10.1. The molecular weight excluding hydrogens is 218 g/mol. The van der Waals surface area contributed by atoms with Crippen molar-refractivity contribution in [2.24, 2.45) is 0 Å². The summed E-state index contributed by atoms with van der Waals surface area (Å²) in [5, 5.41) is 0.815. The van der Waals surface area contributed by atoms with E-state index in [1.54, 1.807) is 0 Å². The zero-order chi connectivity index (χ0) is 12.4. The van der Waals surface area contributed by atoms with Gasteiger partial charge in [0.15, 0.2) is 0 Å². The molecule has 0 atom stereocenters. The quantitative estimate of drug-likeness (QED) is 0.744. The van der Waals surface area contributed by atoms with Gasteiger partial charge in [-0.1, -0.05) is 12.1 Å². The maximum atomic E-state index is 11.6. The van der Waals surface area contributed by atoms with Gasteiger partial charge in [-0.15, -0.1) is 0 Å². The molecule has 0 aliphatic heterocycles. The average molecular weight is 231 g/mol. The van der Waals surface area contributed by atoms with Crippen LogP contribution in [0.5, 0.6) is 5.75 Å². The van der Waals surface area contributed by atoms with Crippen LogP contribution in [-0.4, -0.2) is 25.2 Å². The first-order chi connectivity index (χ1) is 8.19. The number of aromatic nitrogens is 1. The van der Waals surface area contributed by atoms with Gasteiger partial charge in [0.1, 0.15) is 11.3 Å². The Bertz CT molecular complexity index is 578. The monoisotopic (exact) mass is 231 g/mol. The van der Waals surface area contributed by atoms with Gasteiger partial charge in [0.2, 0.25) is 0 Å².